The molecular formula is C16H21N3O. The molecule has 0 fully saturated rings. The minimum absolute atomic E-state index is 0.125. The van der Waals surface area contributed by atoms with Gasteiger partial charge >= 0.3 is 0 Å². The summed E-state index contributed by atoms with van der Waals surface area (Å²) in [5.74, 6) is -0.125. The molecule has 1 aromatic carbocycles. The number of carbonyl (C=O) groups is 1. The Kier molecular flexibility index (Phi) is 3.93. The maximum absolute atomic E-state index is 11.9. The summed E-state index contributed by atoms with van der Waals surface area (Å²) in [6.45, 7) is 8.93. The molecular weight excluding hydrogens is 250 g/mol. The third kappa shape index (κ3) is 3.26. The van der Waals surface area contributed by atoms with Crippen LogP contribution in [0.2, 0.25) is 0 Å². The fourth-order valence-electron chi connectivity index (χ4n) is 1.97. The zero-order valence-electron chi connectivity index (χ0n) is 12.4. The molecule has 0 spiro atoms. The summed E-state index contributed by atoms with van der Waals surface area (Å²) in [7, 11) is 0. The van der Waals surface area contributed by atoms with Crippen LogP contribution in [0.3, 0.4) is 0 Å². The highest BCUT2D eigenvalue weighted by Crippen LogP contribution is 2.22. The molecule has 0 aliphatic rings. The molecule has 20 heavy (non-hydrogen) atoms. The Hall–Kier alpha value is -2.10. The van der Waals surface area contributed by atoms with Crippen LogP contribution in [0.1, 0.15) is 48.0 Å². The van der Waals surface area contributed by atoms with Gasteiger partial charge in [-0.1, -0.05) is 45.0 Å². The van der Waals surface area contributed by atoms with Gasteiger partial charge < -0.3 is 5.32 Å². The summed E-state index contributed by atoms with van der Waals surface area (Å²) in [6, 6.07) is 8.34. The van der Waals surface area contributed by atoms with E-state index in [-0.39, 0.29) is 11.3 Å². The molecule has 1 heterocycles. The molecule has 1 amide bonds. The number of amides is 1. The van der Waals surface area contributed by atoms with Crippen LogP contribution < -0.4 is 5.32 Å². The smallest absolute Gasteiger partial charge is 0.269 e. The maximum Gasteiger partial charge on any atom is 0.269 e. The molecule has 0 radical (unpaired) electrons. The van der Waals surface area contributed by atoms with Crippen LogP contribution in [-0.4, -0.2) is 16.1 Å². The van der Waals surface area contributed by atoms with E-state index in [9.17, 15) is 4.79 Å². The number of H-pyrrole nitrogens is 1. The number of aryl methyl sites for hydroxylation is 1. The second-order valence-corrected chi connectivity index (χ2v) is 6.06. The Labute approximate surface area is 119 Å². The first-order chi connectivity index (χ1) is 9.38. The summed E-state index contributed by atoms with van der Waals surface area (Å²) in [4.78, 5) is 11.9. The lowest BCUT2D eigenvalue weighted by Crippen LogP contribution is -2.24. The van der Waals surface area contributed by atoms with E-state index in [4.69, 9.17) is 0 Å². The van der Waals surface area contributed by atoms with Crippen molar-refractivity contribution in [3.05, 3.63) is 52.8 Å². The molecule has 0 bridgehead atoms. The number of nitrogens with zero attached hydrogens (tertiary/aromatic N) is 1. The molecule has 0 unspecified atom stereocenters. The fraction of sp³-hybridized carbons (Fsp3) is 0.375. The maximum atomic E-state index is 11.9. The Morgan fingerprint density at radius 1 is 1.25 bits per heavy atom. The lowest BCUT2D eigenvalue weighted by atomic mass is 9.87. The summed E-state index contributed by atoms with van der Waals surface area (Å²) >= 11 is 0. The fourth-order valence-corrected chi connectivity index (χ4v) is 1.97. The summed E-state index contributed by atoms with van der Waals surface area (Å²) < 4.78 is 0. The summed E-state index contributed by atoms with van der Waals surface area (Å²) in [5.41, 5.74) is 3.90. The lowest BCUT2D eigenvalue weighted by molar-refractivity contribution is 0.0945. The zero-order chi connectivity index (χ0) is 14.8. The van der Waals surface area contributed by atoms with Crippen molar-refractivity contribution >= 4 is 5.91 Å². The van der Waals surface area contributed by atoms with E-state index in [1.54, 1.807) is 6.20 Å². The van der Waals surface area contributed by atoms with E-state index >= 15 is 0 Å². The number of aromatic amines is 1. The standard InChI is InChI=1S/C16H21N3O/c1-11-9-18-19-14(11)15(20)17-10-12-5-7-13(8-6-12)16(2,3)4/h5-9H,10H2,1-4H3,(H,17,20)(H,18,19). The summed E-state index contributed by atoms with van der Waals surface area (Å²) in [6.07, 6.45) is 1.65. The monoisotopic (exact) mass is 271 g/mol. The number of nitrogens with one attached hydrogen (secondary N) is 2. The van der Waals surface area contributed by atoms with E-state index in [0.717, 1.165) is 11.1 Å². The number of benzene rings is 1. The van der Waals surface area contributed by atoms with E-state index in [0.29, 0.717) is 12.2 Å². The van der Waals surface area contributed by atoms with Crippen molar-refractivity contribution in [2.45, 2.75) is 39.7 Å². The Bertz CT molecular complexity index is 591. The van der Waals surface area contributed by atoms with Crippen LogP contribution in [0.4, 0.5) is 0 Å². The van der Waals surface area contributed by atoms with Gasteiger partial charge in [-0.05, 0) is 29.0 Å². The normalized spacial score (nSPS) is 11.4. The predicted molar refractivity (Wildman–Crippen MR) is 79.6 cm³/mol. The van der Waals surface area contributed by atoms with Gasteiger partial charge in [-0.15, -0.1) is 0 Å². The molecule has 0 aliphatic heterocycles. The van der Waals surface area contributed by atoms with Crippen molar-refractivity contribution in [1.29, 1.82) is 0 Å². The van der Waals surface area contributed by atoms with Gasteiger partial charge in [0.15, 0.2) is 0 Å². The highest BCUT2D eigenvalue weighted by Gasteiger charge is 2.13. The number of rotatable bonds is 3. The lowest BCUT2D eigenvalue weighted by Gasteiger charge is -2.19. The first-order valence-electron chi connectivity index (χ1n) is 6.75. The van der Waals surface area contributed by atoms with Crippen molar-refractivity contribution in [2.24, 2.45) is 0 Å². The number of hydrogen-bond acceptors (Lipinski definition) is 2. The zero-order valence-corrected chi connectivity index (χ0v) is 12.4. The molecule has 0 saturated carbocycles. The molecule has 1 aromatic heterocycles. The first-order valence-corrected chi connectivity index (χ1v) is 6.75. The third-order valence-corrected chi connectivity index (χ3v) is 3.33. The third-order valence-electron chi connectivity index (χ3n) is 3.33. The molecule has 2 rings (SSSR count). The molecule has 106 valence electrons. The number of aromatic nitrogens is 2. The van der Waals surface area contributed by atoms with Crippen molar-refractivity contribution in [2.75, 3.05) is 0 Å². The van der Waals surface area contributed by atoms with Gasteiger partial charge in [-0.3, -0.25) is 9.89 Å². The molecule has 0 saturated heterocycles. The average molecular weight is 271 g/mol. The van der Waals surface area contributed by atoms with Gasteiger partial charge in [0.05, 0.1) is 6.20 Å². The minimum Gasteiger partial charge on any atom is -0.347 e. The van der Waals surface area contributed by atoms with Crippen molar-refractivity contribution in [3.8, 4) is 0 Å². The molecule has 4 heteroatoms. The Morgan fingerprint density at radius 2 is 1.90 bits per heavy atom. The SMILES string of the molecule is Cc1cn[nH]c1C(=O)NCc1ccc(C(C)(C)C)cc1. The molecule has 0 aliphatic carbocycles. The van der Waals surface area contributed by atoms with E-state index in [1.165, 1.54) is 5.56 Å². The van der Waals surface area contributed by atoms with Gasteiger partial charge in [0, 0.05) is 6.54 Å². The predicted octanol–water partition coefficient (Wildman–Crippen LogP) is 2.95. The topological polar surface area (TPSA) is 57.8 Å². The average Bonchev–Trinajstić information content (AvgIpc) is 2.82. The number of carbonyl (C=O) groups excluding carboxylic acids is 1. The Morgan fingerprint density at radius 3 is 2.40 bits per heavy atom. The van der Waals surface area contributed by atoms with E-state index in [2.05, 4.69) is 60.6 Å². The Balaban J connectivity index is 1.98. The van der Waals surface area contributed by atoms with Crippen LogP contribution in [0.25, 0.3) is 0 Å². The van der Waals surface area contributed by atoms with E-state index < -0.39 is 0 Å². The van der Waals surface area contributed by atoms with Gasteiger partial charge in [-0.2, -0.15) is 5.10 Å². The second-order valence-electron chi connectivity index (χ2n) is 6.06. The molecule has 0 atom stereocenters. The van der Waals surface area contributed by atoms with Crippen molar-refractivity contribution in [1.82, 2.24) is 15.5 Å². The van der Waals surface area contributed by atoms with Crippen molar-refractivity contribution < 1.29 is 4.79 Å². The van der Waals surface area contributed by atoms with Gasteiger partial charge in [0.25, 0.3) is 5.91 Å². The largest absolute Gasteiger partial charge is 0.347 e. The van der Waals surface area contributed by atoms with Crippen molar-refractivity contribution in [3.63, 3.8) is 0 Å². The van der Waals surface area contributed by atoms with Crippen LogP contribution >= 0.6 is 0 Å². The van der Waals surface area contributed by atoms with Gasteiger partial charge in [0.1, 0.15) is 5.69 Å². The minimum atomic E-state index is -0.125. The van der Waals surface area contributed by atoms with Crippen LogP contribution in [0.5, 0.6) is 0 Å². The van der Waals surface area contributed by atoms with Crippen LogP contribution in [0, 0.1) is 6.92 Å². The van der Waals surface area contributed by atoms with Gasteiger partial charge in [-0.25, -0.2) is 0 Å². The quantitative estimate of drug-likeness (QED) is 0.901. The molecule has 2 aromatic rings. The highest BCUT2D eigenvalue weighted by molar-refractivity contribution is 5.93. The first kappa shape index (κ1) is 14.3. The van der Waals surface area contributed by atoms with E-state index in [1.807, 2.05) is 6.92 Å². The molecule has 4 nitrogen and oxygen atoms in total. The van der Waals surface area contributed by atoms with Crippen LogP contribution in [-0.2, 0) is 12.0 Å². The van der Waals surface area contributed by atoms with Gasteiger partial charge in [0.2, 0.25) is 0 Å². The summed E-state index contributed by atoms with van der Waals surface area (Å²) in [5, 5.41) is 9.45. The number of hydrogen-bond donors (Lipinski definition) is 2. The van der Waals surface area contributed by atoms with Crippen LogP contribution in [0.15, 0.2) is 30.5 Å². The highest BCUT2D eigenvalue weighted by atomic mass is 16.1. The molecule has 2 N–H and O–H groups in total. The second kappa shape index (κ2) is 5.49.